The molecule has 0 amide bonds. The molecule has 1 atom stereocenters. The molecule has 2 heterocycles. The second-order valence-electron chi connectivity index (χ2n) is 9.28. The van der Waals surface area contributed by atoms with Crippen LogP contribution in [0.15, 0.2) is 48.8 Å². The van der Waals surface area contributed by atoms with E-state index in [9.17, 15) is 23.8 Å². The van der Waals surface area contributed by atoms with Gasteiger partial charge in [0.2, 0.25) is 5.95 Å². The van der Waals surface area contributed by atoms with Crippen LogP contribution < -0.4 is 5.32 Å². The van der Waals surface area contributed by atoms with Crippen molar-refractivity contribution in [3.8, 4) is 11.1 Å². The fourth-order valence-electron chi connectivity index (χ4n) is 4.68. The maximum absolute atomic E-state index is 13.0. The molecule has 1 saturated carbocycles. The van der Waals surface area contributed by atoms with E-state index in [2.05, 4.69) is 20.3 Å². The summed E-state index contributed by atoms with van der Waals surface area (Å²) in [6.07, 6.45) is 2.68. The van der Waals surface area contributed by atoms with Gasteiger partial charge in [0.15, 0.2) is 0 Å². The molecule has 35 heavy (non-hydrogen) atoms. The van der Waals surface area contributed by atoms with E-state index in [0.29, 0.717) is 37.1 Å². The van der Waals surface area contributed by atoms with Crippen molar-refractivity contribution in [1.29, 1.82) is 0 Å². The van der Waals surface area contributed by atoms with E-state index in [1.807, 2.05) is 31.2 Å². The largest absolute Gasteiger partial charge is 0.481 e. The van der Waals surface area contributed by atoms with Gasteiger partial charge in [-0.3, -0.25) is 9.78 Å². The molecule has 7 nitrogen and oxygen atoms in total. The molecule has 0 bridgehead atoms. The minimum absolute atomic E-state index is 0.0600. The van der Waals surface area contributed by atoms with Crippen LogP contribution >= 0.6 is 0 Å². The van der Waals surface area contributed by atoms with Crippen molar-refractivity contribution >= 4 is 17.6 Å². The number of carboxylic acid groups (broad SMARTS) is 1. The van der Waals surface area contributed by atoms with Crippen LogP contribution in [-0.4, -0.2) is 31.1 Å². The summed E-state index contributed by atoms with van der Waals surface area (Å²) in [4.78, 5) is 23.6. The van der Waals surface area contributed by atoms with Crippen LogP contribution in [0.5, 0.6) is 0 Å². The van der Waals surface area contributed by atoms with Crippen molar-refractivity contribution in [3.63, 3.8) is 0 Å². The molecule has 3 aromatic rings. The van der Waals surface area contributed by atoms with Crippen LogP contribution in [-0.2, 0) is 10.4 Å². The molecular formula is C26H28F2N4O3. The zero-order chi connectivity index (χ0) is 25.2. The third kappa shape index (κ3) is 5.62. The number of aryl methyl sites for hydroxylation is 1. The number of carbonyl (C=O) groups is 1. The first-order valence-electron chi connectivity index (χ1n) is 11.6. The fourth-order valence-corrected chi connectivity index (χ4v) is 4.68. The zero-order valence-electron chi connectivity index (χ0n) is 19.6. The molecule has 0 saturated heterocycles. The Morgan fingerprint density at radius 3 is 2.46 bits per heavy atom. The van der Waals surface area contributed by atoms with Crippen molar-refractivity contribution in [2.24, 2.45) is 11.8 Å². The number of aliphatic carboxylic acids is 1. The molecule has 0 aliphatic heterocycles. The summed E-state index contributed by atoms with van der Waals surface area (Å²) in [5, 5.41) is 23.4. The maximum atomic E-state index is 13.0. The molecule has 1 fully saturated rings. The van der Waals surface area contributed by atoms with E-state index < -0.39 is 18.0 Å². The van der Waals surface area contributed by atoms with Crippen LogP contribution in [0.2, 0.25) is 0 Å². The number of hydrogen-bond donors (Lipinski definition) is 3. The van der Waals surface area contributed by atoms with Crippen molar-refractivity contribution < 1.29 is 23.8 Å². The maximum Gasteiger partial charge on any atom is 0.306 e. The highest BCUT2D eigenvalue weighted by Crippen LogP contribution is 2.40. The summed E-state index contributed by atoms with van der Waals surface area (Å²) in [5.74, 6) is -1.09. The van der Waals surface area contributed by atoms with Crippen molar-refractivity contribution in [1.82, 2.24) is 15.0 Å². The van der Waals surface area contributed by atoms with Gasteiger partial charge >= 0.3 is 5.97 Å². The van der Waals surface area contributed by atoms with E-state index in [4.69, 9.17) is 0 Å². The number of pyridine rings is 1. The Morgan fingerprint density at radius 1 is 1.09 bits per heavy atom. The normalized spacial score (nSPS) is 19.8. The quantitative estimate of drug-likeness (QED) is 0.401. The predicted octanol–water partition coefficient (Wildman–Crippen LogP) is 5.63. The number of alkyl halides is 2. The molecule has 4 rings (SSSR count). The average Bonchev–Trinajstić information content (AvgIpc) is 2.84. The Morgan fingerprint density at radius 2 is 1.83 bits per heavy atom. The molecule has 0 spiro atoms. The fraction of sp³-hybridized carbons (Fsp3) is 0.385. The van der Waals surface area contributed by atoms with Gasteiger partial charge in [0.05, 0.1) is 11.6 Å². The van der Waals surface area contributed by atoms with Gasteiger partial charge in [-0.15, -0.1) is 0 Å². The topological polar surface area (TPSA) is 108 Å². The number of nitrogens with one attached hydrogen (secondary N) is 1. The van der Waals surface area contributed by atoms with Gasteiger partial charge in [0.25, 0.3) is 6.43 Å². The highest BCUT2D eigenvalue weighted by Gasteiger charge is 2.38. The number of halogens is 2. The number of rotatable bonds is 7. The van der Waals surface area contributed by atoms with Crippen LogP contribution in [0.1, 0.15) is 56.0 Å². The molecule has 1 aromatic carbocycles. The molecule has 2 aromatic heterocycles. The standard InChI is InChI=1S/C26H28F2N4O3/c1-15-11-18(13-20(12-15)31-25-29-10-9-21(32-25)23(27)28)17-5-8-22(30-14-17)26(2,35)19-6-3-16(4-7-19)24(33)34/h5,8-14,16,19,23,35H,3-4,6-7H2,1-2H3,(H,33,34)(H,29,31,32). The van der Waals surface area contributed by atoms with E-state index in [0.717, 1.165) is 16.7 Å². The molecule has 184 valence electrons. The van der Waals surface area contributed by atoms with Crippen LogP contribution in [0.25, 0.3) is 11.1 Å². The number of aromatic nitrogens is 3. The number of benzene rings is 1. The lowest BCUT2D eigenvalue weighted by Crippen LogP contribution is -2.36. The minimum atomic E-state index is -2.68. The van der Waals surface area contributed by atoms with E-state index in [1.165, 1.54) is 12.3 Å². The highest BCUT2D eigenvalue weighted by atomic mass is 19.3. The van der Waals surface area contributed by atoms with E-state index in [-0.39, 0.29) is 23.5 Å². The molecule has 0 radical (unpaired) electrons. The summed E-state index contributed by atoms with van der Waals surface area (Å²) < 4.78 is 25.9. The lowest BCUT2D eigenvalue weighted by Gasteiger charge is -2.36. The molecule has 1 aliphatic rings. The number of carboxylic acids is 1. The smallest absolute Gasteiger partial charge is 0.306 e. The first kappa shape index (κ1) is 24.7. The summed E-state index contributed by atoms with van der Waals surface area (Å²) in [6.45, 7) is 3.66. The van der Waals surface area contributed by atoms with Crippen LogP contribution in [0.4, 0.5) is 20.4 Å². The summed E-state index contributed by atoms with van der Waals surface area (Å²) in [5.41, 5.74) is 2.32. The average molecular weight is 483 g/mol. The summed E-state index contributed by atoms with van der Waals surface area (Å²) >= 11 is 0. The number of hydrogen-bond acceptors (Lipinski definition) is 6. The van der Waals surface area contributed by atoms with Gasteiger partial charge in [-0.05, 0) is 80.8 Å². The summed E-state index contributed by atoms with van der Waals surface area (Å²) in [6, 6.07) is 10.5. The van der Waals surface area contributed by atoms with Crippen LogP contribution in [0, 0.1) is 18.8 Å². The zero-order valence-corrected chi connectivity index (χ0v) is 19.6. The first-order chi connectivity index (χ1) is 16.6. The van der Waals surface area contributed by atoms with Gasteiger partial charge in [-0.1, -0.05) is 12.1 Å². The Hall–Kier alpha value is -3.46. The molecule has 1 aliphatic carbocycles. The van der Waals surface area contributed by atoms with Gasteiger partial charge in [-0.2, -0.15) is 0 Å². The van der Waals surface area contributed by atoms with Crippen molar-refractivity contribution in [2.45, 2.75) is 51.6 Å². The Balaban J connectivity index is 1.52. The minimum Gasteiger partial charge on any atom is -0.481 e. The lowest BCUT2D eigenvalue weighted by atomic mass is 9.73. The van der Waals surface area contributed by atoms with Crippen molar-refractivity contribution in [3.05, 3.63) is 65.7 Å². The Kier molecular flexibility index (Phi) is 7.07. The van der Waals surface area contributed by atoms with Gasteiger partial charge < -0.3 is 15.5 Å². The van der Waals surface area contributed by atoms with Crippen molar-refractivity contribution in [2.75, 3.05) is 5.32 Å². The predicted molar refractivity (Wildman–Crippen MR) is 127 cm³/mol. The van der Waals surface area contributed by atoms with E-state index in [1.54, 1.807) is 19.2 Å². The molecule has 1 unspecified atom stereocenters. The van der Waals surface area contributed by atoms with E-state index >= 15 is 0 Å². The Bertz CT molecular complexity index is 1190. The molecular weight excluding hydrogens is 454 g/mol. The summed E-state index contributed by atoms with van der Waals surface area (Å²) in [7, 11) is 0. The first-order valence-corrected chi connectivity index (χ1v) is 11.6. The molecule has 9 heteroatoms. The third-order valence-corrected chi connectivity index (χ3v) is 6.72. The highest BCUT2D eigenvalue weighted by molar-refractivity contribution is 5.71. The van der Waals surface area contributed by atoms with Gasteiger partial charge in [-0.25, -0.2) is 18.7 Å². The Labute approximate surface area is 202 Å². The monoisotopic (exact) mass is 482 g/mol. The number of nitrogens with zero attached hydrogens (tertiary/aromatic N) is 3. The lowest BCUT2D eigenvalue weighted by molar-refractivity contribution is -0.144. The number of anilines is 2. The second kappa shape index (κ2) is 10.0. The van der Waals surface area contributed by atoms with Gasteiger partial charge in [0, 0.05) is 23.6 Å². The third-order valence-electron chi connectivity index (χ3n) is 6.72. The molecule has 3 N–H and O–H groups in total. The number of aliphatic hydroxyl groups is 1. The van der Waals surface area contributed by atoms with Crippen LogP contribution in [0.3, 0.4) is 0 Å². The SMILES string of the molecule is Cc1cc(Nc2nccc(C(F)F)n2)cc(-c2ccc(C(C)(O)C3CCC(C(=O)O)CC3)nc2)c1. The second-order valence-corrected chi connectivity index (χ2v) is 9.28. The van der Waals surface area contributed by atoms with Gasteiger partial charge in [0.1, 0.15) is 11.3 Å².